The summed E-state index contributed by atoms with van der Waals surface area (Å²) in [5.41, 5.74) is 8.51. The Bertz CT molecular complexity index is 1130. The van der Waals surface area contributed by atoms with Gasteiger partial charge in [0.05, 0.1) is 17.4 Å². The highest BCUT2D eigenvalue weighted by molar-refractivity contribution is 6.30. The maximum atomic E-state index is 6.18. The quantitative estimate of drug-likeness (QED) is 0.566. The van der Waals surface area contributed by atoms with Crippen LogP contribution in [0, 0.1) is 5.92 Å². The van der Waals surface area contributed by atoms with Crippen LogP contribution in [0.4, 0.5) is 0 Å². The SMILES string of the molecule is C[C@@H]1C[C@@H](c2nc3c([nH]2)-c2cc4c(cc2CC3)-c2ccc(Cl)cc2CO4)N[C@@H]1C. The number of ether oxygens (including phenoxy) is 1. The number of fused-ring (bicyclic) bond motifs is 6. The molecule has 4 nitrogen and oxygen atoms in total. The Balaban J connectivity index is 1.42. The van der Waals surface area contributed by atoms with Gasteiger partial charge in [0.1, 0.15) is 18.2 Å². The summed E-state index contributed by atoms with van der Waals surface area (Å²) < 4.78 is 6.12. The van der Waals surface area contributed by atoms with Crippen LogP contribution in [0.5, 0.6) is 5.75 Å². The third-order valence-electron chi connectivity index (χ3n) is 6.90. The second-order valence-electron chi connectivity index (χ2n) is 8.76. The lowest BCUT2D eigenvalue weighted by atomic mass is 9.87. The highest BCUT2D eigenvalue weighted by Crippen LogP contribution is 2.44. The van der Waals surface area contributed by atoms with Crippen molar-refractivity contribution in [3.63, 3.8) is 0 Å². The Hall–Kier alpha value is -2.30. The Kier molecular flexibility index (Phi) is 3.84. The third kappa shape index (κ3) is 2.73. The minimum absolute atomic E-state index is 0.319. The molecule has 1 saturated heterocycles. The number of rotatable bonds is 1. The number of aromatic nitrogens is 2. The summed E-state index contributed by atoms with van der Waals surface area (Å²) in [5.74, 6) is 2.70. The van der Waals surface area contributed by atoms with Crippen molar-refractivity contribution in [2.75, 3.05) is 0 Å². The molecule has 29 heavy (non-hydrogen) atoms. The predicted molar refractivity (Wildman–Crippen MR) is 115 cm³/mol. The molecule has 2 aromatic carbocycles. The van der Waals surface area contributed by atoms with Gasteiger partial charge in [0.15, 0.2) is 0 Å². The molecule has 3 atom stereocenters. The fourth-order valence-electron chi connectivity index (χ4n) is 5.06. The van der Waals surface area contributed by atoms with Crippen LogP contribution < -0.4 is 10.1 Å². The van der Waals surface area contributed by atoms with Gasteiger partial charge in [-0.3, -0.25) is 0 Å². The zero-order valence-electron chi connectivity index (χ0n) is 16.7. The molecule has 0 amide bonds. The van der Waals surface area contributed by atoms with Crippen LogP contribution in [-0.2, 0) is 19.4 Å². The van der Waals surface area contributed by atoms with Crippen LogP contribution in [0.25, 0.3) is 22.4 Å². The number of H-pyrrole nitrogens is 1. The number of aryl methyl sites for hydroxylation is 2. The van der Waals surface area contributed by atoms with Crippen LogP contribution in [0.3, 0.4) is 0 Å². The number of imidazole rings is 1. The van der Waals surface area contributed by atoms with Gasteiger partial charge in [-0.15, -0.1) is 0 Å². The van der Waals surface area contributed by atoms with Crippen molar-refractivity contribution in [1.82, 2.24) is 15.3 Å². The molecule has 148 valence electrons. The number of benzene rings is 2. The molecule has 2 aliphatic heterocycles. The Morgan fingerprint density at radius 2 is 1.93 bits per heavy atom. The van der Waals surface area contributed by atoms with E-state index in [1.165, 1.54) is 33.6 Å². The van der Waals surface area contributed by atoms with E-state index in [4.69, 9.17) is 21.3 Å². The highest BCUT2D eigenvalue weighted by atomic mass is 35.5. The lowest BCUT2D eigenvalue weighted by molar-refractivity contribution is 0.302. The summed E-state index contributed by atoms with van der Waals surface area (Å²) in [7, 11) is 0. The molecule has 2 N–H and O–H groups in total. The molecule has 1 aliphatic carbocycles. The summed E-state index contributed by atoms with van der Waals surface area (Å²) >= 11 is 6.18. The summed E-state index contributed by atoms with van der Waals surface area (Å²) in [4.78, 5) is 8.64. The van der Waals surface area contributed by atoms with Crippen molar-refractivity contribution in [3.8, 4) is 28.1 Å². The van der Waals surface area contributed by atoms with Crippen molar-refractivity contribution in [3.05, 3.63) is 58.0 Å². The van der Waals surface area contributed by atoms with E-state index in [-0.39, 0.29) is 0 Å². The monoisotopic (exact) mass is 405 g/mol. The Morgan fingerprint density at radius 1 is 1.03 bits per heavy atom. The molecular weight excluding hydrogens is 382 g/mol. The fraction of sp³-hybridized carbons (Fsp3) is 0.375. The molecule has 6 rings (SSSR count). The number of nitrogens with one attached hydrogen (secondary N) is 2. The lowest BCUT2D eigenvalue weighted by Gasteiger charge is -2.25. The van der Waals surface area contributed by atoms with E-state index in [2.05, 4.69) is 42.3 Å². The van der Waals surface area contributed by atoms with Gasteiger partial charge in [0.2, 0.25) is 0 Å². The van der Waals surface area contributed by atoms with Gasteiger partial charge in [-0.25, -0.2) is 4.98 Å². The van der Waals surface area contributed by atoms with Crippen LogP contribution >= 0.6 is 11.6 Å². The molecule has 5 heteroatoms. The molecule has 3 heterocycles. The van der Waals surface area contributed by atoms with Gasteiger partial charge >= 0.3 is 0 Å². The first-order valence-corrected chi connectivity index (χ1v) is 10.9. The lowest BCUT2D eigenvalue weighted by Crippen LogP contribution is -2.24. The minimum atomic E-state index is 0.319. The van der Waals surface area contributed by atoms with Crippen molar-refractivity contribution in [2.24, 2.45) is 5.92 Å². The Morgan fingerprint density at radius 3 is 2.76 bits per heavy atom. The first kappa shape index (κ1) is 17.5. The fourth-order valence-corrected chi connectivity index (χ4v) is 5.26. The first-order valence-electron chi connectivity index (χ1n) is 10.5. The summed E-state index contributed by atoms with van der Waals surface area (Å²) in [6.45, 7) is 5.13. The minimum Gasteiger partial charge on any atom is -0.488 e. The predicted octanol–water partition coefficient (Wildman–Crippen LogP) is 5.45. The number of hydrogen-bond donors (Lipinski definition) is 2. The molecule has 0 bridgehead atoms. The van der Waals surface area contributed by atoms with Crippen LogP contribution in [0.15, 0.2) is 30.3 Å². The maximum Gasteiger partial charge on any atom is 0.128 e. The van der Waals surface area contributed by atoms with E-state index >= 15 is 0 Å². The maximum absolute atomic E-state index is 6.18. The van der Waals surface area contributed by atoms with Crippen LogP contribution in [0.2, 0.25) is 5.02 Å². The van der Waals surface area contributed by atoms with E-state index < -0.39 is 0 Å². The molecule has 0 saturated carbocycles. The van der Waals surface area contributed by atoms with Crippen molar-refractivity contribution >= 4 is 11.6 Å². The molecule has 0 spiro atoms. The molecular formula is C24H24ClN3O. The van der Waals surface area contributed by atoms with Gasteiger partial charge in [-0.2, -0.15) is 0 Å². The van der Waals surface area contributed by atoms with Crippen LogP contribution in [-0.4, -0.2) is 16.0 Å². The van der Waals surface area contributed by atoms with Gasteiger partial charge in [-0.05, 0) is 73.1 Å². The summed E-state index contributed by atoms with van der Waals surface area (Å²) in [6, 6.07) is 11.4. The number of hydrogen-bond acceptors (Lipinski definition) is 3. The normalized spacial score (nSPS) is 24.3. The third-order valence-corrected chi connectivity index (χ3v) is 7.13. The average molecular weight is 406 g/mol. The van der Waals surface area contributed by atoms with E-state index in [9.17, 15) is 0 Å². The van der Waals surface area contributed by atoms with Crippen molar-refractivity contribution in [2.45, 2.75) is 51.8 Å². The molecule has 1 fully saturated rings. The van der Waals surface area contributed by atoms with Crippen LogP contribution in [0.1, 0.15) is 49.0 Å². The first-order chi connectivity index (χ1) is 14.1. The zero-order chi connectivity index (χ0) is 19.7. The van der Waals surface area contributed by atoms with Crippen molar-refractivity contribution in [1.29, 1.82) is 0 Å². The van der Waals surface area contributed by atoms with Gasteiger partial charge in [0.25, 0.3) is 0 Å². The molecule has 3 aliphatic rings. The summed E-state index contributed by atoms with van der Waals surface area (Å²) in [6.07, 6.45) is 3.12. The number of halogens is 1. The second-order valence-corrected chi connectivity index (χ2v) is 9.20. The van der Waals surface area contributed by atoms with Gasteiger partial charge < -0.3 is 15.0 Å². The largest absolute Gasteiger partial charge is 0.488 e. The molecule has 0 radical (unpaired) electrons. The topological polar surface area (TPSA) is 49.9 Å². The van der Waals surface area contributed by atoms with E-state index in [1.54, 1.807) is 0 Å². The Labute approximate surface area is 175 Å². The van der Waals surface area contributed by atoms with Gasteiger partial charge in [-0.1, -0.05) is 24.6 Å². The number of nitrogens with zero attached hydrogens (tertiary/aromatic N) is 1. The van der Waals surface area contributed by atoms with Crippen molar-refractivity contribution < 1.29 is 4.74 Å². The summed E-state index contributed by atoms with van der Waals surface area (Å²) in [5, 5.41) is 4.45. The molecule has 0 unspecified atom stereocenters. The number of aromatic amines is 1. The highest BCUT2D eigenvalue weighted by Gasteiger charge is 2.32. The average Bonchev–Trinajstić information content (AvgIpc) is 3.30. The van der Waals surface area contributed by atoms with Gasteiger partial charge in [0, 0.05) is 22.2 Å². The zero-order valence-corrected chi connectivity index (χ0v) is 17.4. The molecule has 3 aromatic rings. The smallest absolute Gasteiger partial charge is 0.128 e. The standard InChI is InChI=1S/C24H24ClN3O/c1-12-7-21(26-13(12)2)24-27-20-6-3-14-9-19-17-5-4-16(25)8-15(17)11-29-22(19)10-18(14)23(20)28-24/h4-5,8-10,12-13,21,26H,3,6-7,11H2,1-2H3,(H,27,28)/t12-,13-,21+/m1/s1. The second kappa shape index (κ2) is 6.35. The van der Waals surface area contributed by atoms with E-state index in [0.29, 0.717) is 24.6 Å². The van der Waals surface area contributed by atoms with E-state index in [1.807, 2.05) is 12.1 Å². The van der Waals surface area contributed by atoms with E-state index in [0.717, 1.165) is 41.4 Å². The molecule has 1 aromatic heterocycles.